The predicted molar refractivity (Wildman–Crippen MR) is 91.3 cm³/mol. The molecule has 25 heavy (non-hydrogen) atoms. The zero-order chi connectivity index (χ0) is 17.8. The van der Waals surface area contributed by atoms with E-state index in [2.05, 4.69) is 5.32 Å². The molecule has 6 heteroatoms. The Hall–Kier alpha value is -2.15. The molecule has 5 nitrogen and oxygen atoms in total. The largest absolute Gasteiger partial charge is 0.504 e. The summed E-state index contributed by atoms with van der Waals surface area (Å²) in [6, 6.07) is 13.2. The molecule has 0 unspecified atom stereocenters. The third-order valence-corrected chi connectivity index (χ3v) is 4.46. The highest BCUT2D eigenvalue weighted by Gasteiger charge is 2.44. The number of ether oxygens (including phenoxy) is 2. The highest BCUT2D eigenvalue weighted by molar-refractivity contribution is 5.43. The van der Waals surface area contributed by atoms with Crippen LogP contribution in [0.3, 0.4) is 0 Å². The Bertz CT molecular complexity index is 697. The number of hydrogen-bond acceptors (Lipinski definition) is 5. The van der Waals surface area contributed by atoms with Crippen LogP contribution in [0, 0.1) is 0 Å². The molecule has 1 heterocycles. The Balaban J connectivity index is 1.80. The van der Waals surface area contributed by atoms with Crippen LogP contribution in [0.5, 0.6) is 11.5 Å². The van der Waals surface area contributed by atoms with Gasteiger partial charge in [-0.25, -0.2) is 4.39 Å². The zero-order valence-corrected chi connectivity index (χ0v) is 13.9. The van der Waals surface area contributed by atoms with Crippen LogP contribution < -0.4 is 10.1 Å². The Kier molecular flexibility index (Phi) is 5.53. The van der Waals surface area contributed by atoms with Gasteiger partial charge in [0.2, 0.25) is 0 Å². The van der Waals surface area contributed by atoms with Gasteiger partial charge in [-0.05, 0) is 23.3 Å². The first-order chi connectivity index (χ1) is 12.1. The van der Waals surface area contributed by atoms with Crippen molar-refractivity contribution >= 4 is 0 Å². The van der Waals surface area contributed by atoms with Gasteiger partial charge in [0.15, 0.2) is 11.5 Å². The summed E-state index contributed by atoms with van der Waals surface area (Å²) in [5.41, 5.74) is 1.62. The summed E-state index contributed by atoms with van der Waals surface area (Å²) in [6.45, 7) is -0.0601. The van der Waals surface area contributed by atoms with Gasteiger partial charge in [0, 0.05) is 0 Å². The maximum absolute atomic E-state index is 14.7. The number of nitrogens with one attached hydrogen (secondary N) is 1. The molecule has 0 radical (unpaired) electrons. The molecule has 2 aromatic rings. The van der Waals surface area contributed by atoms with Crippen LogP contribution in [0.15, 0.2) is 48.5 Å². The van der Waals surface area contributed by atoms with Crippen LogP contribution >= 0.6 is 0 Å². The van der Waals surface area contributed by atoms with E-state index in [9.17, 15) is 14.6 Å². The van der Waals surface area contributed by atoms with Crippen LogP contribution in [0.25, 0.3) is 0 Å². The van der Waals surface area contributed by atoms with Crippen molar-refractivity contribution in [3.8, 4) is 11.5 Å². The Morgan fingerprint density at radius 2 is 1.92 bits per heavy atom. The smallest absolute Gasteiger partial charge is 0.160 e. The van der Waals surface area contributed by atoms with E-state index in [-0.39, 0.29) is 19.0 Å². The average Bonchev–Trinajstić information content (AvgIpc) is 2.96. The summed E-state index contributed by atoms with van der Waals surface area (Å²) in [5.74, 6) is 0.325. The quantitative estimate of drug-likeness (QED) is 0.748. The summed E-state index contributed by atoms with van der Waals surface area (Å²) in [6.07, 6.45) is -2.13. The van der Waals surface area contributed by atoms with Gasteiger partial charge >= 0.3 is 0 Å². The molecule has 4 atom stereocenters. The molecule has 1 saturated heterocycles. The van der Waals surface area contributed by atoms with Crippen molar-refractivity contribution in [3.63, 3.8) is 0 Å². The van der Waals surface area contributed by atoms with Gasteiger partial charge in [-0.2, -0.15) is 0 Å². The highest BCUT2D eigenvalue weighted by atomic mass is 19.1. The molecule has 0 aliphatic carbocycles. The number of halogens is 1. The molecular weight excluding hydrogens is 325 g/mol. The van der Waals surface area contributed by atoms with Crippen molar-refractivity contribution in [3.05, 3.63) is 59.7 Å². The molecule has 3 N–H and O–H groups in total. The summed E-state index contributed by atoms with van der Waals surface area (Å²) >= 11 is 0. The molecule has 3 rings (SSSR count). The third kappa shape index (κ3) is 3.76. The van der Waals surface area contributed by atoms with E-state index in [1.807, 2.05) is 30.3 Å². The summed E-state index contributed by atoms with van der Waals surface area (Å²) in [5, 5.41) is 22.5. The minimum atomic E-state index is -1.36. The van der Waals surface area contributed by atoms with Crippen LogP contribution in [0.4, 0.5) is 4.39 Å². The molecule has 1 aliphatic heterocycles. The fraction of sp³-hybridized carbons (Fsp3) is 0.368. The third-order valence-electron chi connectivity index (χ3n) is 4.46. The average molecular weight is 347 g/mol. The Morgan fingerprint density at radius 3 is 2.56 bits per heavy atom. The van der Waals surface area contributed by atoms with Crippen LogP contribution in [-0.2, 0) is 11.3 Å². The molecule has 0 amide bonds. The van der Waals surface area contributed by atoms with Crippen molar-refractivity contribution < 1.29 is 24.1 Å². The van der Waals surface area contributed by atoms with Crippen molar-refractivity contribution in [1.29, 1.82) is 0 Å². The minimum Gasteiger partial charge on any atom is -0.504 e. The van der Waals surface area contributed by atoms with Crippen molar-refractivity contribution in [1.82, 2.24) is 5.32 Å². The van der Waals surface area contributed by atoms with Gasteiger partial charge in [0.25, 0.3) is 0 Å². The van der Waals surface area contributed by atoms with Crippen molar-refractivity contribution in [2.75, 3.05) is 13.7 Å². The first-order valence-corrected chi connectivity index (χ1v) is 8.17. The van der Waals surface area contributed by atoms with Crippen molar-refractivity contribution in [2.45, 2.75) is 31.0 Å². The second kappa shape index (κ2) is 7.82. The lowest BCUT2D eigenvalue weighted by atomic mass is 10.0. The lowest BCUT2D eigenvalue weighted by molar-refractivity contribution is -0.0114. The number of methoxy groups -OCH3 is 1. The molecule has 0 aromatic heterocycles. The molecular formula is C19H22FNO4. The van der Waals surface area contributed by atoms with Crippen LogP contribution in [0.2, 0.25) is 0 Å². The molecule has 1 fully saturated rings. The first-order valence-electron chi connectivity index (χ1n) is 8.17. The van der Waals surface area contributed by atoms with Crippen molar-refractivity contribution in [2.24, 2.45) is 0 Å². The van der Waals surface area contributed by atoms with Gasteiger partial charge in [0.1, 0.15) is 12.3 Å². The Morgan fingerprint density at radius 1 is 1.16 bits per heavy atom. The van der Waals surface area contributed by atoms with Gasteiger partial charge in [-0.3, -0.25) is 5.32 Å². The number of phenolic OH excluding ortho intramolecular Hbond substituents is 1. The predicted octanol–water partition coefficient (Wildman–Crippen LogP) is 2.33. The van der Waals surface area contributed by atoms with E-state index < -0.39 is 24.4 Å². The normalized spacial score (nSPS) is 25.9. The molecule has 0 bridgehead atoms. The maximum Gasteiger partial charge on any atom is 0.160 e. The minimum absolute atomic E-state index is 0.0218. The number of aromatic hydroxyl groups is 1. The summed E-state index contributed by atoms with van der Waals surface area (Å²) in [7, 11) is 1.47. The molecule has 134 valence electrons. The zero-order valence-electron chi connectivity index (χ0n) is 13.9. The molecule has 0 spiro atoms. The fourth-order valence-corrected chi connectivity index (χ4v) is 3.12. The monoisotopic (exact) mass is 347 g/mol. The van der Waals surface area contributed by atoms with E-state index >= 15 is 0 Å². The number of phenols is 1. The van der Waals surface area contributed by atoms with Gasteiger partial charge in [-0.15, -0.1) is 0 Å². The second-order valence-corrected chi connectivity index (χ2v) is 6.07. The molecule has 1 aliphatic rings. The standard InChI is InChI=1S/C19H22FNO4/c1-24-16-8-7-13(9-15(16)23)18-19(17(20)14(10-22)21-18)25-11-12-5-3-2-4-6-12/h2-9,14,17-19,21-23H,10-11H2,1H3/t14-,17-,18-,19+/m0/s1. The Labute approximate surface area is 146 Å². The van der Waals surface area contributed by atoms with E-state index in [1.165, 1.54) is 13.2 Å². The number of aliphatic hydroxyl groups is 1. The summed E-state index contributed by atoms with van der Waals surface area (Å²) < 4.78 is 25.6. The van der Waals surface area contributed by atoms with E-state index in [4.69, 9.17) is 9.47 Å². The van der Waals surface area contributed by atoms with E-state index in [0.717, 1.165) is 5.56 Å². The maximum atomic E-state index is 14.7. The second-order valence-electron chi connectivity index (χ2n) is 6.07. The number of rotatable bonds is 6. The molecule has 0 saturated carbocycles. The van der Waals surface area contributed by atoms with Crippen LogP contribution in [-0.4, -0.2) is 42.2 Å². The van der Waals surface area contributed by atoms with E-state index in [1.54, 1.807) is 12.1 Å². The first kappa shape index (κ1) is 17.7. The number of alkyl halides is 1. The van der Waals surface area contributed by atoms with Gasteiger partial charge in [-0.1, -0.05) is 36.4 Å². The highest BCUT2D eigenvalue weighted by Crippen LogP contribution is 2.36. The van der Waals surface area contributed by atoms with E-state index in [0.29, 0.717) is 11.3 Å². The van der Waals surface area contributed by atoms with Crippen LogP contribution in [0.1, 0.15) is 17.2 Å². The topological polar surface area (TPSA) is 71.0 Å². The molecule has 2 aromatic carbocycles. The lowest BCUT2D eigenvalue weighted by Crippen LogP contribution is -2.33. The number of hydrogen-bond donors (Lipinski definition) is 3. The summed E-state index contributed by atoms with van der Waals surface area (Å²) in [4.78, 5) is 0. The lowest BCUT2D eigenvalue weighted by Gasteiger charge is -2.22. The fourth-order valence-electron chi connectivity index (χ4n) is 3.12. The van der Waals surface area contributed by atoms with Gasteiger partial charge in [0.05, 0.1) is 32.4 Å². The number of benzene rings is 2. The number of aliphatic hydroxyl groups excluding tert-OH is 1. The van der Waals surface area contributed by atoms with Gasteiger partial charge < -0.3 is 19.7 Å². The SMILES string of the molecule is COc1ccc([C@@H]2N[C@@H](CO)[C@H](F)[C@H]2OCc2ccccc2)cc1O.